The van der Waals surface area contributed by atoms with Crippen molar-refractivity contribution in [2.75, 3.05) is 0 Å². The maximum absolute atomic E-state index is 12.6. The zero-order chi connectivity index (χ0) is 18.4. The van der Waals surface area contributed by atoms with Crippen molar-refractivity contribution in [2.24, 2.45) is 7.05 Å². The SMILES string of the molecule is Cn1c(=O)nc2n(-c3ccccc3)c3ccc([N+](=O)[O-])cc3cc-2c1=O. The van der Waals surface area contributed by atoms with Gasteiger partial charge in [0.2, 0.25) is 0 Å². The smallest absolute Gasteiger partial charge is 0.294 e. The van der Waals surface area contributed by atoms with E-state index in [1.807, 2.05) is 30.3 Å². The number of hydrogen-bond donors (Lipinski definition) is 0. The molecule has 0 saturated carbocycles. The molecule has 8 nitrogen and oxygen atoms in total. The molecule has 2 heterocycles. The quantitative estimate of drug-likeness (QED) is 0.314. The van der Waals surface area contributed by atoms with Crippen LogP contribution in [-0.4, -0.2) is 19.0 Å². The second-order valence-corrected chi connectivity index (χ2v) is 5.81. The number of nitro groups is 1. The highest BCUT2D eigenvalue weighted by Gasteiger charge is 2.20. The van der Waals surface area contributed by atoms with Crippen LogP contribution in [0.1, 0.15) is 0 Å². The van der Waals surface area contributed by atoms with E-state index >= 15 is 0 Å². The lowest BCUT2D eigenvalue weighted by Crippen LogP contribution is -2.35. The van der Waals surface area contributed by atoms with Gasteiger partial charge in [-0.1, -0.05) is 18.2 Å². The van der Waals surface area contributed by atoms with E-state index in [0.717, 1.165) is 4.57 Å². The first-order valence-corrected chi connectivity index (χ1v) is 7.74. The van der Waals surface area contributed by atoms with Crippen LogP contribution < -0.4 is 11.2 Å². The molecule has 0 aromatic heterocycles. The van der Waals surface area contributed by atoms with Gasteiger partial charge >= 0.3 is 5.69 Å². The van der Waals surface area contributed by atoms with Gasteiger partial charge in [0, 0.05) is 30.3 Å². The summed E-state index contributed by atoms with van der Waals surface area (Å²) in [5, 5.41) is 11.6. The molecule has 0 unspecified atom stereocenters. The Bertz CT molecular complexity index is 1260. The topological polar surface area (TPSA) is 100 Å². The van der Waals surface area contributed by atoms with Gasteiger partial charge < -0.3 is 0 Å². The Balaban J connectivity index is 2.25. The van der Waals surface area contributed by atoms with E-state index in [1.165, 1.54) is 25.2 Å². The van der Waals surface area contributed by atoms with Crippen molar-refractivity contribution in [3.8, 4) is 17.1 Å². The molecular formula is C18H12N4O4. The Morgan fingerprint density at radius 1 is 1.04 bits per heavy atom. The normalized spacial score (nSPS) is 11.1. The molecule has 0 spiro atoms. The third-order valence-corrected chi connectivity index (χ3v) is 4.25. The molecular weight excluding hydrogens is 336 g/mol. The van der Waals surface area contributed by atoms with Crippen molar-refractivity contribution in [1.82, 2.24) is 14.1 Å². The lowest BCUT2D eigenvalue weighted by molar-refractivity contribution is -0.384. The number of pyridine rings is 1. The molecule has 2 aromatic carbocycles. The summed E-state index contributed by atoms with van der Waals surface area (Å²) in [5.74, 6) is 0.214. The fraction of sp³-hybridized carbons (Fsp3) is 0.0556. The molecule has 0 saturated heterocycles. The van der Waals surface area contributed by atoms with Gasteiger partial charge in [-0.3, -0.25) is 24.0 Å². The molecule has 2 aliphatic rings. The average Bonchev–Trinajstić information content (AvgIpc) is 2.65. The van der Waals surface area contributed by atoms with Crippen LogP contribution in [0.5, 0.6) is 0 Å². The highest BCUT2D eigenvalue weighted by atomic mass is 16.6. The Morgan fingerprint density at radius 2 is 1.77 bits per heavy atom. The second-order valence-electron chi connectivity index (χ2n) is 5.81. The first-order valence-electron chi connectivity index (χ1n) is 7.74. The summed E-state index contributed by atoms with van der Waals surface area (Å²) in [7, 11) is 1.35. The molecule has 4 rings (SSSR count). The summed E-state index contributed by atoms with van der Waals surface area (Å²) >= 11 is 0. The van der Waals surface area contributed by atoms with Gasteiger partial charge in [0.25, 0.3) is 11.2 Å². The van der Waals surface area contributed by atoms with Crippen molar-refractivity contribution in [2.45, 2.75) is 0 Å². The van der Waals surface area contributed by atoms with Crippen LogP contribution in [0.2, 0.25) is 0 Å². The number of nitro benzene ring substituents is 1. The molecule has 26 heavy (non-hydrogen) atoms. The molecule has 8 heteroatoms. The predicted molar refractivity (Wildman–Crippen MR) is 95.9 cm³/mol. The van der Waals surface area contributed by atoms with Gasteiger partial charge in [-0.05, 0) is 24.3 Å². The number of benzene rings is 2. The van der Waals surface area contributed by atoms with Gasteiger partial charge in [0.15, 0.2) is 5.82 Å². The summed E-state index contributed by atoms with van der Waals surface area (Å²) in [4.78, 5) is 39.3. The number of aromatic nitrogens is 3. The minimum Gasteiger partial charge on any atom is -0.294 e. The first kappa shape index (κ1) is 15.7. The first-order chi connectivity index (χ1) is 12.5. The van der Waals surface area contributed by atoms with Crippen LogP contribution in [0.15, 0.2) is 64.2 Å². The number of nitrogens with zero attached hydrogens (tertiary/aromatic N) is 4. The summed E-state index contributed by atoms with van der Waals surface area (Å²) in [6, 6.07) is 15.0. The number of non-ortho nitro benzene ring substituents is 1. The van der Waals surface area contributed by atoms with E-state index in [2.05, 4.69) is 4.98 Å². The van der Waals surface area contributed by atoms with Crippen molar-refractivity contribution in [3.05, 3.63) is 85.5 Å². The van der Waals surface area contributed by atoms with Crippen LogP contribution >= 0.6 is 0 Å². The molecule has 2 aliphatic heterocycles. The van der Waals surface area contributed by atoms with E-state index in [1.54, 1.807) is 10.6 Å². The largest absolute Gasteiger partial charge is 0.352 e. The third-order valence-electron chi connectivity index (χ3n) is 4.25. The molecule has 0 fully saturated rings. The highest BCUT2D eigenvalue weighted by Crippen LogP contribution is 2.29. The highest BCUT2D eigenvalue weighted by molar-refractivity contribution is 5.88. The molecule has 0 bridgehead atoms. The minimum absolute atomic E-state index is 0.0818. The number of hydrogen-bond acceptors (Lipinski definition) is 5. The summed E-state index contributed by atoms with van der Waals surface area (Å²) < 4.78 is 2.58. The van der Waals surface area contributed by atoms with Gasteiger partial charge in [-0.2, -0.15) is 4.98 Å². The summed E-state index contributed by atoms with van der Waals surface area (Å²) in [6.45, 7) is 0. The zero-order valence-corrected chi connectivity index (χ0v) is 13.6. The summed E-state index contributed by atoms with van der Waals surface area (Å²) in [6.07, 6.45) is 0. The molecule has 2 aromatic rings. The fourth-order valence-corrected chi connectivity index (χ4v) is 2.97. The molecule has 128 valence electrons. The lowest BCUT2D eigenvalue weighted by atomic mass is 10.1. The average molecular weight is 348 g/mol. The van der Waals surface area contributed by atoms with E-state index in [-0.39, 0.29) is 17.1 Å². The number of rotatable bonds is 2. The van der Waals surface area contributed by atoms with Gasteiger partial charge in [-0.15, -0.1) is 0 Å². The van der Waals surface area contributed by atoms with Crippen LogP contribution in [0.3, 0.4) is 0 Å². The van der Waals surface area contributed by atoms with E-state index in [9.17, 15) is 19.7 Å². The number of fused-ring (bicyclic) bond motifs is 2. The molecule has 0 radical (unpaired) electrons. The van der Waals surface area contributed by atoms with Gasteiger partial charge in [-0.25, -0.2) is 4.79 Å². The Morgan fingerprint density at radius 3 is 2.46 bits per heavy atom. The van der Waals surface area contributed by atoms with E-state index in [4.69, 9.17) is 0 Å². The van der Waals surface area contributed by atoms with E-state index < -0.39 is 16.2 Å². The second kappa shape index (κ2) is 5.62. The van der Waals surface area contributed by atoms with Crippen molar-refractivity contribution in [1.29, 1.82) is 0 Å². The van der Waals surface area contributed by atoms with Gasteiger partial charge in [0.05, 0.1) is 16.0 Å². The predicted octanol–water partition coefficient (Wildman–Crippen LogP) is 2.10. The lowest BCUT2D eigenvalue weighted by Gasteiger charge is -2.18. The van der Waals surface area contributed by atoms with Crippen molar-refractivity contribution < 1.29 is 4.92 Å². The van der Waals surface area contributed by atoms with E-state index in [0.29, 0.717) is 16.6 Å². The Hall–Kier alpha value is -3.81. The zero-order valence-electron chi connectivity index (χ0n) is 13.6. The maximum atomic E-state index is 12.6. The van der Waals surface area contributed by atoms with Crippen molar-refractivity contribution >= 4 is 16.6 Å². The summed E-state index contributed by atoms with van der Waals surface area (Å²) in [5.41, 5.74) is 0.267. The number of para-hydroxylation sites is 1. The molecule has 0 atom stereocenters. The monoisotopic (exact) mass is 348 g/mol. The van der Waals surface area contributed by atoms with Crippen LogP contribution in [0.4, 0.5) is 5.69 Å². The van der Waals surface area contributed by atoms with Crippen LogP contribution in [0, 0.1) is 10.1 Å². The maximum Gasteiger partial charge on any atom is 0.352 e. The molecule has 0 amide bonds. The fourth-order valence-electron chi connectivity index (χ4n) is 2.97. The standard InChI is InChI=1S/C18H12N4O4/c1-20-17(23)14-10-11-9-13(22(25)26)7-8-15(11)21(16(14)19-18(20)24)12-5-3-2-4-6-12/h2-10H,1H3. The van der Waals surface area contributed by atoms with Crippen LogP contribution in [-0.2, 0) is 7.05 Å². The Kier molecular flexibility index (Phi) is 3.40. The van der Waals surface area contributed by atoms with Crippen LogP contribution in [0.25, 0.3) is 28.0 Å². The minimum atomic E-state index is -0.659. The van der Waals surface area contributed by atoms with Gasteiger partial charge in [0.1, 0.15) is 0 Å². The molecule has 0 aliphatic carbocycles. The third kappa shape index (κ3) is 2.27. The molecule has 0 N–H and O–H groups in total. The Labute approximate surface area is 146 Å². The van der Waals surface area contributed by atoms with Crippen molar-refractivity contribution in [3.63, 3.8) is 0 Å².